The van der Waals surface area contributed by atoms with Gasteiger partial charge in [0, 0.05) is 38.2 Å². The third-order valence-electron chi connectivity index (χ3n) is 5.21. The number of nitrogens with zero attached hydrogens (tertiary/aromatic N) is 4. The van der Waals surface area contributed by atoms with Crippen LogP contribution < -0.4 is 10.6 Å². The summed E-state index contributed by atoms with van der Waals surface area (Å²) in [4.78, 5) is 11.4. The summed E-state index contributed by atoms with van der Waals surface area (Å²) in [6, 6.07) is 8.78. The highest BCUT2D eigenvalue weighted by molar-refractivity contribution is 5.79. The van der Waals surface area contributed by atoms with Crippen LogP contribution in [0.3, 0.4) is 0 Å². The molecule has 1 aromatic carbocycles. The predicted molar refractivity (Wildman–Crippen MR) is 112 cm³/mol. The molecular formula is C21H32N6O. The molecule has 0 spiro atoms. The van der Waals surface area contributed by atoms with E-state index in [1.54, 1.807) is 0 Å². The molecular weight excluding hydrogens is 352 g/mol. The quantitative estimate of drug-likeness (QED) is 0.538. The van der Waals surface area contributed by atoms with Crippen molar-refractivity contribution in [2.24, 2.45) is 4.99 Å². The molecule has 152 valence electrons. The van der Waals surface area contributed by atoms with E-state index in [9.17, 15) is 0 Å². The van der Waals surface area contributed by atoms with Crippen LogP contribution in [-0.4, -0.2) is 53.7 Å². The van der Waals surface area contributed by atoms with Crippen LogP contribution in [-0.2, 0) is 13.0 Å². The molecule has 0 amide bonds. The Morgan fingerprint density at radius 2 is 2.21 bits per heavy atom. The average Bonchev–Trinajstić information content (AvgIpc) is 3.38. The number of nitrogens with one attached hydrogen (secondary N) is 2. The van der Waals surface area contributed by atoms with Crippen molar-refractivity contribution in [1.29, 1.82) is 0 Å². The van der Waals surface area contributed by atoms with Crippen LogP contribution in [0.4, 0.5) is 0 Å². The minimum Gasteiger partial charge on any atom is -0.355 e. The van der Waals surface area contributed by atoms with Crippen molar-refractivity contribution in [1.82, 2.24) is 25.7 Å². The van der Waals surface area contributed by atoms with Gasteiger partial charge in [0.25, 0.3) is 5.89 Å². The van der Waals surface area contributed by atoms with E-state index < -0.39 is 0 Å². The first-order valence-electron chi connectivity index (χ1n) is 10.3. The molecule has 3 rings (SSSR count). The largest absolute Gasteiger partial charge is 0.355 e. The summed E-state index contributed by atoms with van der Waals surface area (Å²) in [6.07, 6.45) is 4.38. The smallest absolute Gasteiger partial charge is 0.257 e. The van der Waals surface area contributed by atoms with Crippen molar-refractivity contribution >= 4 is 5.96 Å². The number of aromatic nitrogens is 2. The molecule has 2 heterocycles. The zero-order valence-corrected chi connectivity index (χ0v) is 17.2. The maximum Gasteiger partial charge on any atom is 0.257 e. The summed E-state index contributed by atoms with van der Waals surface area (Å²) >= 11 is 0. The Kier molecular flexibility index (Phi) is 7.42. The van der Waals surface area contributed by atoms with E-state index in [2.05, 4.69) is 56.6 Å². The predicted octanol–water partition coefficient (Wildman–Crippen LogP) is 2.84. The highest BCUT2D eigenvalue weighted by Crippen LogP contribution is 2.19. The lowest BCUT2D eigenvalue weighted by Crippen LogP contribution is -2.44. The van der Waals surface area contributed by atoms with E-state index in [1.807, 2.05) is 19.2 Å². The Labute approximate surface area is 167 Å². The first kappa shape index (κ1) is 20.3. The molecule has 0 saturated carbocycles. The van der Waals surface area contributed by atoms with Crippen molar-refractivity contribution in [3.05, 3.63) is 35.7 Å². The zero-order chi connectivity index (χ0) is 19.8. The summed E-state index contributed by atoms with van der Waals surface area (Å²) < 4.78 is 5.40. The standard InChI is InChI=1S/C21H32N6O/c1-4-8-19-25-20(28-26-19)17-10-6-9-16(13-17)14-23-21(22-3)24-15-18-11-7-12-27(18)5-2/h6,9-10,13,18H,4-5,7-8,11-12,14-15H2,1-3H3,(H2,22,23,24). The van der Waals surface area contributed by atoms with Gasteiger partial charge < -0.3 is 15.2 Å². The fraction of sp³-hybridized carbons (Fsp3) is 0.571. The van der Waals surface area contributed by atoms with E-state index >= 15 is 0 Å². The van der Waals surface area contributed by atoms with Crippen LogP contribution in [0.5, 0.6) is 0 Å². The molecule has 1 atom stereocenters. The SMILES string of the molecule is CCCc1noc(-c2cccc(CNC(=NC)NCC3CCCN3CC)c2)n1. The second kappa shape index (κ2) is 10.2. The van der Waals surface area contributed by atoms with Crippen LogP contribution in [0.15, 0.2) is 33.8 Å². The highest BCUT2D eigenvalue weighted by Gasteiger charge is 2.22. The second-order valence-corrected chi connectivity index (χ2v) is 7.20. The Balaban J connectivity index is 1.54. The summed E-state index contributed by atoms with van der Waals surface area (Å²) in [6.45, 7) is 8.27. The van der Waals surface area contributed by atoms with Gasteiger partial charge in [0.1, 0.15) is 0 Å². The third-order valence-corrected chi connectivity index (χ3v) is 5.21. The third kappa shape index (κ3) is 5.32. The monoisotopic (exact) mass is 384 g/mol. The normalized spacial score (nSPS) is 17.8. The Morgan fingerprint density at radius 1 is 1.32 bits per heavy atom. The van der Waals surface area contributed by atoms with Crippen molar-refractivity contribution in [2.45, 2.75) is 52.1 Å². The van der Waals surface area contributed by atoms with Gasteiger partial charge in [0.05, 0.1) is 0 Å². The zero-order valence-electron chi connectivity index (χ0n) is 17.2. The van der Waals surface area contributed by atoms with Gasteiger partial charge in [0.15, 0.2) is 11.8 Å². The van der Waals surface area contributed by atoms with Crippen LogP contribution in [0.25, 0.3) is 11.5 Å². The lowest BCUT2D eigenvalue weighted by molar-refractivity contribution is 0.267. The lowest BCUT2D eigenvalue weighted by atomic mass is 10.1. The lowest BCUT2D eigenvalue weighted by Gasteiger charge is -2.24. The van der Waals surface area contributed by atoms with Gasteiger partial charge in [-0.3, -0.25) is 9.89 Å². The molecule has 0 radical (unpaired) electrons. The summed E-state index contributed by atoms with van der Waals surface area (Å²) in [5, 5.41) is 10.9. The van der Waals surface area contributed by atoms with E-state index in [4.69, 9.17) is 4.52 Å². The molecule has 1 unspecified atom stereocenters. The molecule has 1 aliphatic heterocycles. The van der Waals surface area contributed by atoms with Crippen molar-refractivity contribution < 1.29 is 4.52 Å². The average molecular weight is 385 g/mol. The minimum absolute atomic E-state index is 0.577. The van der Waals surface area contributed by atoms with Gasteiger partial charge in [-0.2, -0.15) is 4.98 Å². The fourth-order valence-electron chi connectivity index (χ4n) is 3.67. The number of likely N-dealkylation sites (N-methyl/N-ethyl adjacent to an activating group) is 1. The molecule has 1 aliphatic rings. The van der Waals surface area contributed by atoms with E-state index in [0.717, 1.165) is 48.8 Å². The topological polar surface area (TPSA) is 78.6 Å². The molecule has 1 fully saturated rings. The van der Waals surface area contributed by atoms with Gasteiger partial charge in [-0.25, -0.2) is 0 Å². The molecule has 2 N–H and O–H groups in total. The van der Waals surface area contributed by atoms with Crippen LogP contribution in [0.1, 0.15) is 44.5 Å². The number of hydrogen-bond acceptors (Lipinski definition) is 5. The van der Waals surface area contributed by atoms with E-state index in [0.29, 0.717) is 18.5 Å². The molecule has 28 heavy (non-hydrogen) atoms. The number of rotatable bonds is 8. The molecule has 0 bridgehead atoms. The summed E-state index contributed by atoms with van der Waals surface area (Å²) in [5.41, 5.74) is 2.09. The molecule has 7 heteroatoms. The number of likely N-dealkylation sites (tertiary alicyclic amines) is 1. The van der Waals surface area contributed by atoms with Gasteiger partial charge in [-0.1, -0.05) is 31.1 Å². The molecule has 0 aliphatic carbocycles. The van der Waals surface area contributed by atoms with Crippen molar-refractivity contribution in [2.75, 3.05) is 26.7 Å². The maximum absolute atomic E-state index is 5.40. The molecule has 7 nitrogen and oxygen atoms in total. The molecule has 2 aromatic rings. The van der Waals surface area contributed by atoms with E-state index in [1.165, 1.54) is 19.4 Å². The van der Waals surface area contributed by atoms with Gasteiger partial charge in [-0.15, -0.1) is 0 Å². The Hall–Kier alpha value is -2.41. The second-order valence-electron chi connectivity index (χ2n) is 7.20. The van der Waals surface area contributed by atoms with Crippen molar-refractivity contribution in [3.63, 3.8) is 0 Å². The van der Waals surface area contributed by atoms with Crippen LogP contribution in [0, 0.1) is 0 Å². The highest BCUT2D eigenvalue weighted by atomic mass is 16.5. The first-order chi connectivity index (χ1) is 13.7. The fourth-order valence-corrected chi connectivity index (χ4v) is 3.67. The van der Waals surface area contributed by atoms with Crippen LogP contribution in [0.2, 0.25) is 0 Å². The van der Waals surface area contributed by atoms with E-state index in [-0.39, 0.29) is 0 Å². The maximum atomic E-state index is 5.40. The first-order valence-corrected chi connectivity index (χ1v) is 10.3. The number of aryl methyl sites for hydroxylation is 1. The Bertz CT molecular complexity index is 772. The van der Waals surface area contributed by atoms with Gasteiger partial charge >= 0.3 is 0 Å². The number of hydrogen-bond donors (Lipinski definition) is 2. The van der Waals surface area contributed by atoms with Gasteiger partial charge in [0.2, 0.25) is 0 Å². The summed E-state index contributed by atoms with van der Waals surface area (Å²) in [5.74, 6) is 2.17. The van der Waals surface area contributed by atoms with Crippen LogP contribution >= 0.6 is 0 Å². The van der Waals surface area contributed by atoms with Gasteiger partial charge in [-0.05, 0) is 50.0 Å². The molecule has 1 saturated heterocycles. The number of aliphatic imine (C=N–C) groups is 1. The Morgan fingerprint density at radius 3 is 3.00 bits per heavy atom. The van der Waals surface area contributed by atoms with Crippen molar-refractivity contribution in [3.8, 4) is 11.5 Å². The molecule has 1 aromatic heterocycles. The number of benzene rings is 1. The number of guanidine groups is 1. The summed E-state index contributed by atoms with van der Waals surface area (Å²) in [7, 11) is 1.81. The minimum atomic E-state index is 0.577.